The summed E-state index contributed by atoms with van der Waals surface area (Å²) >= 11 is 0. The van der Waals surface area contributed by atoms with Crippen LogP contribution in [0.2, 0.25) is 0 Å². The molecule has 2 aromatic carbocycles. The fourth-order valence-electron chi connectivity index (χ4n) is 4.10. The topological polar surface area (TPSA) is 122 Å². The molecule has 3 atom stereocenters. The van der Waals surface area contributed by atoms with Gasteiger partial charge in [0, 0.05) is 25.6 Å². The van der Waals surface area contributed by atoms with E-state index in [1.807, 2.05) is 74.5 Å². The van der Waals surface area contributed by atoms with Gasteiger partial charge in [-0.05, 0) is 30.5 Å². The normalized spacial score (nSPS) is 12.9. The van der Waals surface area contributed by atoms with Crippen LogP contribution < -0.4 is 19.5 Å². The Kier molecular flexibility index (Phi) is 11.5. The molecule has 1 heterocycles. The quantitative estimate of drug-likeness (QED) is 0.225. The SMILES string of the molecule is COc1ccnc(C(=O)N[C@@H](Cc2ccccc2)C(=O)O[C@@H](C)[C@H](Oc2ccccc2)C(C)C)c1OCOC(C)=O. The van der Waals surface area contributed by atoms with Crippen LogP contribution in [0.25, 0.3) is 0 Å². The highest BCUT2D eigenvalue weighted by Gasteiger charge is 2.32. The number of esters is 2. The number of methoxy groups -OCH3 is 1. The fraction of sp³-hybridized carbons (Fsp3) is 0.355. The number of para-hydroxylation sites is 1. The van der Waals surface area contributed by atoms with E-state index in [0.29, 0.717) is 5.75 Å². The van der Waals surface area contributed by atoms with Gasteiger partial charge in [-0.25, -0.2) is 9.78 Å². The van der Waals surface area contributed by atoms with Crippen molar-refractivity contribution in [3.63, 3.8) is 0 Å². The highest BCUT2D eigenvalue weighted by molar-refractivity contribution is 5.98. The Morgan fingerprint density at radius 3 is 2.20 bits per heavy atom. The van der Waals surface area contributed by atoms with Crippen LogP contribution in [0.5, 0.6) is 17.2 Å². The van der Waals surface area contributed by atoms with Gasteiger partial charge in [-0.2, -0.15) is 0 Å². The van der Waals surface area contributed by atoms with Gasteiger partial charge in [-0.15, -0.1) is 0 Å². The summed E-state index contributed by atoms with van der Waals surface area (Å²) in [5.74, 6) is -1.05. The van der Waals surface area contributed by atoms with E-state index in [1.165, 1.54) is 26.3 Å². The minimum atomic E-state index is -1.06. The van der Waals surface area contributed by atoms with Gasteiger partial charge in [-0.3, -0.25) is 9.59 Å². The lowest BCUT2D eigenvalue weighted by atomic mass is 10.0. The lowest BCUT2D eigenvalue weighted by Crippen LogP contribution is -2.47. The van der Waals surface area contributed by atoms with Gasteiger partial charge in [0.1, 0.15) is 24.0 Å². The first-order chi connectivity index (χ1) is 19.7. The summed E-state index contributed by atoms with van der Waals surface area (Å²) < 4.78 is 27.7. The first-order valence-corrected chi connectivity index (χ1v) is 13.3. The maximum absolute atomic E-state index is 13.5. The molecule has 0 unspecified atom stereocenters. The average molecular weight is 565 g/mol. The van der Waals surface area contributed by atoms with Gasteiger partial charge in [-0.1, -0.05) is 62.4 Å². The second-order valence-corrected chi connectivity index (χ2v) is 9.59. The lowest BCUT2D eigenvalue weighted by molar-refractivity contribution is -0.156. The molecular weight excluding hydrogens is 528 g/mol. The number of nitrogens with zero attached hydrogens (tertiary/aromatic N) is 1. The lowest BCUT2D eigenvalue weighted by Gasteiger charge is -2.29. The maximum atomic E-state index is 13.5. The summed E-state index contributed by atoms with van der Waals surface area (Å²) in [6, 6.07) is 19.0. The van der Waals surface area contributed by atoms with Crippen LogP contribution >= 0.6 is 0 Å². The maximum Gasteiger partial charge on any atom is 0.329 e. The molecule has 1 N–H and O–H groups in total. The Hall–Kier alpha value is -4.60. The highest BCUT2D eigenvalue weighted by Crippen LogP contribution is 2.30. The van der Waals surface area contributed by atoms with Crippen LogP contribution in [-0.4, -0.2) is 55.0 Å². The van der Waals surface area contributed by atoms with E-state index < -0.39 is 42.9 Å². The van der Waals surface area contributed by atoms with Crippen LogP contribution in [0.15, 0.2) is 72.9 Å². The number of hydrogen-bond donors (Lipinski definition) is 1. The van der Waals surface area contributed by atoms with Crippen LogP contribution in [0, 0.1) is 5.92 Å². The monoisotopic (exact) mass is 564 g/mol. The number of amides is 1. The minimum absolute atomic E-state index is 0.0260. The number of hydrogen-bond acceptors (Lipinski definition) is 9. The molecule has 0 fully saturated rings. The van der Waals surface area contributed by atoms with Crippen LogP contribution in [0.4, 0.5) is 0 Å². The third-order valence-electron chi connectivity index (χ3n) is 6.08. The van der Waals surface area contributed by atoms with Crippen LogP contribution in [-0.2, 0) is 25.5 Å². The molecule has 10 nitrogen and oxygen atoms in total. The molecular formula is C31H36N2O8. The van der Waals surface area contributed by atoms with E-state index in [9.17, 15) is 14.4 Å². The Bertz CT molecular complexity index is 1280. The number of pyridine rings is 1. The first kappa shape index (κ1) is 30.9. The largest absolute Gasteiger partial charge is 0.493 e. The molecule has 0 bridgehead atoms. The van der Waals surface area contributed by atoms with Crippen molar-refractivity contribution in [1.29, 1.82) is 0 Å². The summed E-state index contributed by atoms with van der Waals surface area (Å²) in [6.45, 7) is 6.49. The van der Waals surface area contributed by atoms with E-state index in [4.69, 9.17) is 23.7 Å². The molecule has 218 valence electrons. The molecule has 0 saturated carbocycles. The molecule has 3 aromatic rings. The van der Waals surface area contributed by atoms with E-state index in [0.717, 1.165) is 5.56 Å². The molecule has 1 amide bonds. The van der Waals surface area contributed by atoms with Crippen molar-refractivity contribution in [2.45, 2.75) is 52.4 Å². The van der Waals surface area contributed by atoms with Crippen molar-refractivity contribution in [3.8, 4) is 17.2 Å². The number of ether oxygens (including phenoxy) is 5. The molecule has 1 aromatic heterocycles. The second-order valence-electron chi connectivity index (χ2n) is 9.59. The Morgan fingerprint density at radius 2 is 1.59 bits per heavy atom. The van der Waals surface area contributed by atoms with Gasteiger partial charge in [0.25, 0.3) is 5.91 Å². The zero-order valence-electron chi connectivity index (χ0n) is 23.9. The zero-order chi connectivity index (χ0) is 29.8. The van der Waals surface area contributed by atoms with Gasteiger partial charge in [0.2, 0.25) is 6.79 Å². The molecule has 0 radical (unpaired) electrons. The summed E-state index contributed by atoms with van der Waals surface area (Å²) in [7, 11) is 1.40. The van der Waals surface area contributed by atoms with Crippen molar-refractivity contribution in [1.82, 2.24) is 10.3 Å². The molecule has 41 heavy (non-hydrogen) atoms. The fourth-order valence-corrected chi connectivity index (χ4v) is 4.10. The van der Waals surface area contributed by atoms with Gasteiger partial charge < -0.3 is 29.0 Å². The Labute approximate surface area is 239 Å². The standard InChI is InChI=1S/C31H36N2O8/c1-20(2)28(41-24-14-10-7-11-15-24)21(3)40-31(36)25(18-23-12-8-6-9-13-23)33-30(35)27-29(39-19-38-22(4)34)26(37-5)16-17-32-27/h6-17,20-21,25,28H,18-19H2,1-5H3,(H,33,35)/t21-,25-,28+/m0/s1. The summed E-state index contributed by atoms with van der Waals surface area (Å²) in [4.78, 5) is 42.3. The van der Waals surface area contributed by atoms with Gasteiger partial charge in [0.05, 0.1) is 7.11 Å². The Morgan fingerprint density at radius 1 is 0.927 bits per heavy atom. The summed E-state index contributed by atoms with van der Waals surface area (Å²) in [6.07, 6.45) is 0.469. The van der Waals surface area contributed by atoms with E-state index in [1.54, 1.807) is 6.92 Å². The van der Waals surface area contributed by atoms with Crippen LogP contribution in [0.3, 0.4) is 0 Å². The molecule has 0 aliphatic heterocycles. The number of benzene rings is 2. The molecule has 0 spiro atoms. The van der Waals surface area contributed by atoms with Gasteiger partial charge in [0.15, 0.2) is 17.2 Å². The second kappa shape index (κ2) is 15.3. The van der Waals surface area contributed by atoms with E-state index in [-0.39, 0.29) is 29.5 Å². The highest BCUT2D eigenvalue weighted by atomic mass is 16.7. The van der Waals surface area contributed by atoms with Crippen molar-refractivity contribution in [2.24, 2.45) is 5.92 Å². The molecule has 0 aliphatic rings. The van der Waals surface area contributed by atoms with Crippen molar-refractivity contribution in [3.05, 3.63) is 84.2 Å². The van der Waals surface area contributed by atoms with Crippen molar-refractivity contribution < 1.29 is 38.1 Å². The third kappa shape index (κ3) is 9.23. The van der Waals surface area contributed by atoms with E-state index >= 15 is 0 Å². The Balaban J connectivity index is 1.83. The van der Waals surface area contributed by atoms with E-state index in [2.05, 4.69) is 10.3 Å². The van der Waals surface area contributed by atoms with Gasteiger partial charge >= 0.3 is 11.9 Å². The minimum Gasteiger partial charge on any atom is -0.493 e. The van der Waals surface area contributed by atoms with Crippen LogP contribution in [0.1, 0.15) is 43.7 Å². The van der Waals surface area contributed by atoms with Crippen molar-refractivity contribution in [2.75, 3.05) is 13.9 Å². The number of rotatable bonds is 14. The smallest absolute Gasteiger partial charge is 0.329 e. The summed E-state index contributed by atoms with van der Waals surface area (Å²) in [5.41, 5.74) is 0.663. The third-order valence-corrected chi connectivity index (χ3v) is 6.08. The molecule has 3 rings (SSSR count). The first-order valence-electron chi connectivity index (χ1n) is 13.3. The number of aromatic nitrogens is 1. The molecule has 0 aliphatic carbocycles. The molecule has 0 saturated heterocycles. The van der Waals surface area contributed by atoms with Crippen molar-refractivity contribution >= 4 is 17.8 Å². The number of carbonyl (C=O) groups is 3. The number of nitrogens with one attached hydrogen (secondary N) is 1. The average Bonchev–Trinajstić information content (AvgIpc) is 2.96. The zero-order valence-corrected chi connectivity index (χ0v) is 23.9. The predicted octanol–water partition coefficient (Wildman–Crippen LogP) is 4.37. The predicted molar refractivity (Wildman–Crippen MR) is 151 cm³/mol. The number of carbonyl (C=O) groups excluding carboxylic acids is 3. The summed E-state index contributed by atoms with van der Waals surface area (Å²) in [5, 5.41) is 2.74. The molecule has 10 heteroatoms.